The van der Waals surface area contributed by atoms with Gasteiger partial charge < -0.3 is 10.6 Å². The van der Waals surface area contributed by atoms with E-state index < -0.39 is 0 Å². The van der Waals surface area contributed by atoms with Crippen LogP contribution in [-0.2, 0) is 0 Å². The van der Waals surface area contributed by atoms with E-state index in [1.54, 1.807) is 18.3 Å². The monoisotopic (exact) mass is 317 g/mol. The number of nitrogens with zero attached hydrogens (tertiary/aromatic N) is 1. The van der Waals surface area contributed by atoms with E-state index in [0.717, 1.165) is 11.5 Å². The summed E-state index contributed by atoms with van der Waals surface area (Å²) in [6.07, 6.45) is 1.65. The lowest BCUT2D eigenvalue weighted by Crippen LogP contribution is -2.11. The van der Waals surface area contributed by atoms with Crippen molar-refractivity contribution in [2.24, 2.45) is 0 Å². The van der Waals surface area contributed by atoms with Crippen LogP contribution in [0.1, 0.15) is 21.5 Å². The third-order valence-corrected chi connectivity index (χ3v) is 3.70. The molecule has 0 spiro atoms. The number of aromatic nitrogens is 1. The summed E-state index contributed by atoms with van der Waals surface area (Å²) in [6.45, 7) is 4.13. The zero-order valence-corrected chi connectivity index (χ0v) is 13.7. The summed E-state index contributed by atoms with van der Waals surface area (Å²) in [4.78, 5) is 16.5. The number of anilines is 3. The molecule has 0 aliphatic rings. The molecule has 0 fully saturated rings. The van der Waals surface area contributed by atoms with E-state index in [1.165, 1.54) is 11.1 Å². The molecule has 0 saturated carbocycles. The smallest absolute Gasteiger partial charge is 0.255 e. The second kappa shape index (κ2) is 6.96. The first-order chi connectivity index (χ1) is 11.6. The molecule has 120 valence electrons. The van der Waals surface area contributed by atoms with Gasteiger partial charge in [-0.15, -0.1) is 0 Å². The summed E-state index contributed by atoms with van der Waals surface area (Å²) in [6, 6.07) is 19.0. The number of rotatable bonds is 4. The highest BCUT2D eigenvalue weighted by Crippen LogP contribution is 2.21. The molecule has 2 aromatic carbocycles. The summed E-state index contributed by atoms with van der Waals surface area (Å²) in [5, 5.41) is 6.13. The Morgan fingerprint density at radius 1 is 0.958 bits per heavy atom. The molecule has 1 aromatic heterocycles. The second-order valence-electron chi connectivity index (χ2n) is 5.70. The molecule has 24 heavy (non-hydrogen) atoms. The summed E-state index contributed by atoms with van der Waals surface area (Å²) in [7, 11) is 0. The van der Waals surface area contributed by atoms with Crippen molar-refractivity contribution < 1.29 is 4.79 Å². The van der Waals surface area contributed by atoms with Gasteiger partial charge in [0.1, 0.15) is 5.82 Å². The summed E-state index contributed by atoms with van der Waals surface area (Å²) < 4.78 is 0. The van der Waals surface area contributed by atoms with E-state index in [1.807, 2.05) is 36.4 Å². The van der Waals surface area contributed by atoms with Gasteiger partial charge in [0.15, 0.2) is 0 Å². The van der Waals surface area contributed by atoms with Crippen LogP contribution in [-0.4, -0.2) is 10.9 Å². The minimum Gasteiger partial charge on any atom is -0.340 e. The Labute approximate surface area is 141 Å². The molecule has 0 bridgehead atoms. The Bertz CT molecular complexity index is 843. The Morgan fingerprint density at radius 3 is 2.42 bits per heavy atom. The number of nitrogens with one attached hydrogen (secondary N) is 2. The van der Waals surface area contributed by atoms with Crippen molar-refractivity contribution in [2.75, 3.05) is 10.6 Å². The minimum atomic E-state index is -0.146. The van der Waals surface area contributed by atoms with Gasteiger partial charge in [-0.3, -0.25) is 4.79 Å². The fraction of sp³-hybridized carbons (Fsp3) is 0.100. The Kier molecular flexibility index (Phi) is 4.57. The summed E-state index contributed by atoms with van der Waals surface area (Å²) in [5.41, 5.74) is 4.70. The molecule has 2 N–H and O–H groups in total. The molecule has 1 amide bonds. The first-order valence-corrected chi connectivity index (χ1v) is 7.78. The third-order valence-electron chi connectivity index (χ3n) is 3.70. The molecule has 1 heterocycles. The lowest BCUT2D eigenvalue weighted by molar-refractivity contribution is 0.102. The Balaban J connectivity index is 1.68. The second-order valence-corrected chi connectivity index (χ2v) is 5.70. The summed E-state index contributed by atoms with van der Waals surface area (Å²) in [5.74, 6) is 0.590. The maximum Gasteiger partial charge on any atom is 0.255 e. The highest BCUT2D eigenvalue weighted by atomic mass is 16.1. The average molecular weight is 317 g/mol. The number of pyridine rings is 1. The van der Waals surface area contributed by atoms with Gasteiger partial charge in [0, 0.05) is 11.3 Å². The molecule has 3 aromatic rings. The van der Waals surface area contributed by atoms with Gasteiger partial charge in [-0.25, -0.2) is 4.98 Å². The lowest BCUT2D eigenvalue weighted by atomic mass is 10.1. The van der Waals surface area contributed by atoms with E-state index in [-0.39, 0.29) is 5.91 Å². The number of amides is 1. The van der Waals surface area contributed by atoms with Crippen molar-refractivity contribution in [3.63, 3.8) is 0 Å². The molecule has 0 aliphatic carbocycles. The molecule has 3 rings (SSSR count). The van der Waals surface area contributed by atoms with Crippen LogP contribution in [0.2, 0.25) is 0 Å². The quantitative estimate of drug-likeness (QED) is 0.733. The van der Waals surface area contributed by atoms with Crippen LogP contribution in [0, 0.1) is 13.8 Å². The number of carbonyl (C=O) groups is 1. The first-order valence-electron chi connectivity index (χ1n) is 7.78. The van der Waals surface area contributed by atoms with Crippen LogP contribution in [0.15, 0.2) is 66.9 Å². The number of hydrogen-bond acceptors (Lipinski definition) is 3. The van der Waals surface area contributed by atoms with Gasteiger partial charge in [-0.2, -0.15) is 0 Å². The molecule has 0 atom stereocenters. The van der Waals surface area contributed by atoms with Crippen molar-refractivity contribution in [3.05, 3.63) is 83.6 Å². The molecular weight excluding hydrogens is 298 g/mol. The third kappa shape index (κ3) is 3.79. The number of carbonyl (C=O) groups excluding carboxylic acids is 1. The molecule has 4 heteroatoms. The van der Waals surface area contributed by atoms with Gasteiger partial charge in [0.25, 0.3) is 5.91 Å². The van der Waals surface area contributed by atoms with Gasteiger partial charge >= 0.3 is 0 Å². The van der Waals surface area contributed by atoms with Crippen LogP contribution < -0.4 is 10.6 Å². The van der Waals surface area contributed by atoms with Gasteiger partial charge in [0.2, 0.25) is 0 Å². The van der Waals surface area contributed by atoms with E-state index >= 15 is 0 Å². The molecule has 0 aliphatic heterocycles. The fourth-order valence-electron chi connectivity index (χ4n) is 2.43. The van der Waals surface area contributed by atoms with Crippen LogP contribution in [0.4, 0.5) is 17.2 Å². The lowest BCUT2D eigenvalue weighted by Gasteiger charge is -2.10. The summed E-state index contributed by atoms with van der Waals surface area (Å²) >= 11 is 0. The predicted molar refractivity (Wildman–Crippen MR) is 97.8 cm³/mol. The van der Waals surface area contributed by atoms with Crippen molar-refractivity contribution in [1.29, 1.82) is 0 Å². The van der Waals surface area contributed by atoms with Crippen LogP contribution in [0.5, 0.6) is 0 Å². The van der Waals surface area contributed by atoms with Gasteiger partial charge in [-0.1, -0.05) is 35.9 Å². The first kappa shape index (κ1) is 15.7. The van der Waals surface area contributed by atoms with Crippen LogP contribution in [0.25, 0.3) is 0 Å². The van der Waals surface area contributed by atoms with Crippen LogP contribution >= 0.6 is 0 Å². The topological polar surface area (TPSA) is 54.0 Å². The highest BCUT2D eigenvalue weighted by Gasteiger charge is 2.06. The highest BCUT2D eigenvalue weighted by molar-refractivity contribution is 6.04. The van der Waals surface area contributed by atoms with Crippen LogP contribution in [0.3, 0.4) is 0 Å². The Morgan fingerprint density at radius 2 is 1.75 bits per heavy atom. The van der Waals surface area contributed by atoms with E-state index in [9.17, 15) is 4.79 Å². The largest absolute Gasteiger partial charge is 0.340 e. The van der Waals surface area contributed by atoms with Crippen molar-refractivity contribution in [2.45, 2.75) is 13.8 Å². The van der Waals surface area contributed by atoms with E-state index in [0.29, 0.717) is 11.3 Å². The van der Waals surface area contributed by atoms with E-state index in [4.69, 9.17) is 0 Å². The zero-order chi connectivity index (χ0) is 16.9. The predicted octanol–water partition coefficient (Wildman–Crippen LogP) is 4.69. The van der Waals surface area contributed by atoms with Crippen molar-refractivity contribution in [1.82, 2.24) is 4.98 Å². The zero-order valence-electron chi connectivity index (χ0n) is 13.7. The SMILES string of the molecule is Cc1ccc(Nc2ccc(NC(=O)c3ccccc3)cn2)c(C)c1. The molecule has 0 radical (unpaired) electrons. The Hall–Kier alpha value is -3.14. The number of aryl methyl sites for hydroxylation is 2. The molecule has 0 saturated heterocycles. The molecule has 4 nitrogen and oxygen atoms in total. The van der Waals surface area contributed by atoms with Crippen molar-refractivity contribution >= 4 is 23.1 Å². The fourth-order valence-corrected chi connectivity index (χ4v) is 2.43. The van der Waals surface area contributed by atoms with Crippen molar-refractivity contribution in [3.8, 4) is 0 Å². The number of benzene rings is 2. The molecular formula is C20H19N3O. The van der Waals surface area contributed by atoms with Gasteiger partial charge in [-0.05, 0) is 49.7 Å². The maximum absolute atomic E-state index is 12.1. The minimum absolute atomic E-state index is 0.146. The van der Waals surface area contributed by atoms with Gasteiger partial charge in [0.05, 0.1) is 11.9 Å². The maximum atomic E-state index is 12.1. The van der Waals surface area contributed by atoms with E-state index in [2.05, 4.69) is 41.6 Å². The average Bonchev–Trinajstić information content (AvgIpc) is 2.60. The standard InChI is InChI=1S/C20H19N3O/c1-14-8-10-18(15(2)12-14)23-19-11-9-17(13-21-19)22-20(24)16-6-4-3-5-7-16/h3-13H,1-2H3,(H,21,23)(H,22,24). The normalized spacial score (nSPS) is 10.2. The molecule has 0 unspecified atom stereocenters. The number of hydrogen-bond donors (Lipinski definition) is 2.